The van der Waals surface area contributed by atoms with Gasteiger partial charge in [0.1, 0.15) is 11.9 Å². The lowest BCUT2D eigenvalue weighted by Gasteiger charge is -2.03. The quantitative estimate of drug-likeness (QED) is 0.525. The van der Waals surface area contributed by atoms with Gasteiger partial charge in [0.2, 0.25) is 0 Å². The molecule has 0 fully saturated rings. The van der Waals surface area contributed by atoms with Crippen molar-refractivity contribution in [1.29, 1.82) is 0 Å². The number of halogens is 1. The maximum absolute atomic E-state index is 8.60. The first-order chi connectivity index (χ1) is 7.27. The molecule has 2 rings (SSSR count). The molecule has 0 unspecified atom stereocenters. The highest BCUT2D eigenvalue weighted by atomic mass is 35.7. The fraction of sp³-hybridized carbons (Fsp3) is 0.250. The van der Waals surface area contributed by atoms with Gasteiger partial charge in [-0.25, -0.2) is 0 Å². The molecule has 0 bridgehead atoms. The van der Waals surface area contributed by atoms with Crippen LogP contribution >= 0.6 is 11.3 Å². The van der Waals surface area contributed by atoms with Crippen LogP contribution in [-0.2, 0) is 0 Å². The summed E-state index contributed by atoms with van der Waals surface area (Å²) in [6.07, 6.45) is 2.04. The zero-order valence-electron chi connectivity index (χ0n) is 8.58. The highest BCUT2D eigenvalue weighted by Crippen LogP contribution is 2.04. The van der Waals surface area contributed by atoms with Crippen molar-refractivity contribution in [1.82, 2.24) is 4.98 Å². The number of thiazole rings is 1. The predicted octanol–water partition coefficient (Wildman–Crippen LogP) is -2.63. The summed E-state index contributed by atoms with van der Waals surface area (Å²) in [7, 11) is -4.69. The monoisotopic (exact) mass is 265 g/mol. The zero-order valence-corrected chi connectivity index (χ0v) is 10.2. The normalized spacial score (nSPS) is 11.1. The van der Waals surface area contributed by atoms with Crippen LogP contribution < -0.4 is 18.4 Å². The second-order valence-electron chi connectivity index (χ2n) is 2.99. The van der Waals surface area contributed by atoms with E-state index >= 15 is 0 Å². The largest absolute Gasteiger partial charge is 0.387 e. The molecule has 0 radical (unpaired) electrons. The molecule has 6 nitrogen and oxygen atoms in total. The number of aromatic nitrogens is 2. The second-order valence-corrected chi connectivity index (χ2v) is 4.66. The summed E-state index contributed by atoms with van der Waals surface area (Å²) in [5.41, 5.74) is 2.33. The van der Waals surface area contributed by atoms with Gasteiger partial charge in [0.15, 0.2) is 5.69 Å². The number of hydrogen-bond acceptors (Lipinski definition) is 6. The van der Waals surface area contributed by atoms with Crippen LogP contribution in [0.3, 0.4) is 0 Å². The predicted molar refractivity (Wildman–Crippen MR) is 47.0 cm³/mol. The van der Waals surface area contributed by atoms with E-state index in [-0.39, 0.29) is 0 Å². The maximum atomic E-state index is 8.60. The summed E-state index contributed by atoms with van der Waals surface area (Å²) in [5.74, 6) is 0. The van der Waals surface area contributed by atoms with E-state index in [1.54, 1.807) is 11.3 Å². The molecule has 16 heavy (non-hydrogen) atoms. The molecule has 0 saturated heterocycles. The van der Waals surface area contributed by atoms with Gasteiger partial charge in [-0.2, -0.15) is 18.4 Å². The van der Waals surface area contributed by atoms with Gasteiger partial charge in [0.05, 0.1) is 14.9 Å². The molecule has 2 heterocycles. The highest BCUT2D eigenvalue weighted by molar-refractivity contribution is 7.14. The first kappa shape index (κ1) is 13.2. The number of hydrogen-bond donors (Lipinski definition) is 1. The van der Waals surface area contributed by atoms with Crippen molar-refractivity contribution in [3.63, 3.8) is 0 Å². The van der Waals surface area contributed by atoms with Crippen molar-refractivity contribution in [3.05, 3.63) is 29.0 Å². The maximum Gasteiger partial charge on any atom is 0.387 e. The van der Waals surface area contributed by atoms with Crippen LogP contribution in [0.1, 0.15) is 11.4 Å². The van der Waals surface area contributed by atoms with Crippen molar-refractivity contribution in [2.24, 2.45) is 0 Å². The Kier molecular flexibility index (Phi) is 4.14. The standard InChI is InChI=1S/C8H9N2S.ClHO4/c1-6-5-7(2)10-3-4-11-8(10)9-6;2-1(3,4)5/h3-5H,1-2H3;(H,2,3,4,5)/q+1;. The Morgan fingerprint density at radius 1 is 1.38 bits per heavy atom. The smallest absolute Gasteiger partial charge is 0.190 e. The minimum Gasteiger partial charge on any atom is -0.190 e. The van der Waals surface area contributed by atoms with E-state index in [0.717, 1.165) is 10.7 Å². The molecule has 0 amide bonds. The molecule has 0 saturated carbocycles. The molecule has 0 spiro atoms. The highest BCUT2D eigenvalue weighted by Gasteiger charge is 2.08. The fourth-order valence-corrected chi connectivity index (χ4v) is 2.00. The van der Waals surface area contributed by atoms with Crippen LogP contribution in [0.4, 0.5) is 0 Å². The Hall–Kier alpha value is -0.830. The second kappa shape index (κ2) is 5.00. The number of nitrogens with zero attached hydrogens (tertiary/aromatic N) is 2. The summed E-state index contributed by atoms with van der Waals surface area (Å²) in [4.78, 5) is 5.45. The van der Waals surface area contributed by atoms with E-state index in [2.05, 4.69) is 27.8 Å². The summed E-state index contributed by atoms with van der Waals surface area (Å²) >= 11 is 1.67. The zero-order chi connectivity index (χ0) is 12.3. The first-order valence-corrected chi connectivity index (χ1v) is 6.28. The lowest BCUT2D eigenvalue weighted by atomic mass is 10.3. The Morgan fingerprint density at radius 3 is 2.50 bits per heavy atom. The molecule has 0 aromatic carbocycles. The lowest BCUT2D eigenvalue weighted by molar-refractivity contribution is -1.92. The van der Waals surface area contributed by atoms with Crippen LogP contribution in [0, 0.1) is 24.1 Å². The van der Waals surface area contributed by atoms with Crippen LogP contribution in [0.15, 0.2) is 17.6 Å². The molecule has 0 atom stereocenters. The van der Waals surface area contributed by atoms with Crippen LogP contribution in [-0.4, -0.2) is 9.64 Å². The van der Waals surface area contributed by atoms with Gasteiger partial charge in [-0.3, -0.25) is 0 Å². The molecule has 2 aromatic heterocycles. The van der Waals surface area contributed by atoms with Gasteiger partial charge < -0.3 is 0 Å². The summed E-state index contributed by atoms with van der Waals surface area (Å²) < 4.78 is 34.8. The average molecular weight is 266 g/mol. The third-order valence-corrected chi connectivity index (χ3v) is 2.42. The first-order valence-electron chi connectivity index (χ1n) is 4.14. The third-order valence-electron chi connectivity index (χ3n) is 1.66. The van der Waals surface area contributed by atoms with E-state index < -0.39 is 10.2 Å². The Bertz CT molecular complexity index is 476. The minimum absolute atomic E-state index is 1.07. The van der Waals surface area contributed by atoms with E-state index in [4.69, 9.17) is 18.6 Å². The van der Waals surface area contributed by atoms with E-state index in [1.165, 1.54) is 5.69 Å². The molecular weight excluding hydrogens is 256 g/mol. The topological polar surface area (TPSA) is 106 Å². The third kappa shape index (κ3) is 4.35. The molecule has 2 aromatic rings. The molecule has 0 aliphatic heterocycles. The minimum atomic E-state index is -4.69. The van der Waals surface area contributed by atoms with E-state index in [1.807, 2.05) is 13.1 Å². The Balaban J connectivity index is 0.000000221. The van der Waals surface area contributed by atoms with Gasteiger partial charge >= 0.3 is 4.96 Å². The molecule has 0 aliphatic carbocycles. The molecular formula is C8H10ClN2O4S+. The number of aryl methyl sites for hydroxylation is 2. The summed E-state index contributed by atoms with van der Waals surface area (Å²) in [6, 6.07) is 2.08. The van der Waals surface area contributed by atoms with Gasteiger partial charge in [0, 0.05) is 18.4 Å². The summed E-state index contributed by atoms with van der Waals surface area (Å²) in [6.45, 7) is 4.11. The van der Waals surface area contributed by atoms with E-state index in [0.29, 0.717) is 0 Å². The molecule has 0 aliphatic rings. The van der Waals surface area contributed by atoms with Crippen LogP contribution in [0.25, 0.3) is 4.96 Å². The van der Waals surface area contributed by atoms with Crippen molar-refractivity contribution in [2.45, 2.75) is 13.8 Å². The number of fused-ring (bicyclic) bond motifs is 1. The SMILES string of the molecule is Cc1cc(C)[n+]2ccsc2n1.[O-][Cl+3]([O-])([O-])O. The van der Waals surface area contributed by atoms with Crippen molar-refractivity contribution >= 4 is 16.3 Å². The average Bonchev–Trinajstić information content (AvgIpc) is 2.47. The lowest BCUT2D eigenvalue weighted by Crippen LogP contribution is -2.58. The van der Waals surface area contributed by atoms with Crippen molar-refractivity contribution < 1.29 is 33.3 Å². The molecule has 8 heteroatoms. The van der Waals surface area contributed by atoms with Crippen LogP contribution in [0.2, 0.25) is 0 Å². The van der Waals surface area contributed by atoms with Gasteiger partial charge in [-0.05, 0) is 11.9 Å². The Morgan fingerprint density at radius 2 is 1.94 bits per heavy atom. The molecule has 1 N–H and O–H groups in total. The van der Waals surface area contributed by atoms with E-state index in [9.17, 15) is 0 Å². The van der Waals surface area contributed by atoms with Crippen LogP contribution in [0.5, 0.6) is 0 Å². The molecule has 88 valence electrons. The Labute approximate surface area is 97.8 Å². The van der Waals surface area contributed by atoms with Gasteiger partial charge in [-0.1, -0.05) is 11.3 Å². The van der Waals surface area contributed by atoms with Gasteiger partial charge in [0.25, 0.3) is 0 Å². The number of rotatable bonds is 0. The fourth-order valence-electron chi connectivity index (χ4n) is 1.18. The van der Waals surface area contributed by atoms with Crippen molar-refractivity contribution in [2.75, 3.05) is 0 Å². The summed E-state index contributed by atoms with van der Waals surface area (Å²) in [5, 5.41) is 2.05. The van der Waals surface area contributed by atoms with Crippen molar-refractivity contribution in [3.8, 4) is 0 Å². The van der Waals surface area contributed by atoms with Gasteiger partial charge in [-0.15, -0.1) is 0 Å².